The van der Waals surface area contributed by atoms with E-state index in [9.17, 15) is 4.79 Å². The van der Waals surface area contributed by atoms with Crippen LogP contribution in [0.15, 0.2) is 30.5 Å². The molecule has 0 N–H and O–H groups in total. The lowest BCUT2D eigenvalue weighted by atomic mass is 9.95. The lowest BCUT2D eigenvalue weighted by molar-refractivity contribution is 0.0967. The van der Waals surface area contributed by atoms with E-state index in [1.165, 1.54) is 6.20 Å². The summed E-state index contributed by atoms with van der Waals surface area (Å²) in [6.07, 6.45) is 2.46. The molecule has 2 rings (SSSR count). The van der Waals surface area contributed by atoms with Gasteiger partial charge in [-0.25, -0.2) is 9.97 Å². The van der Waals surface area contributed by atoms with Crippen molar-refractivity contribution in [3.05, 3.63) is 57.6 Å². The molecule has 0 aliphatic rings. The van der Waals surface area contributed by atoms with E-state index in [0.717, 1.165) is 11.1 Å². The Balaban J connectivity index is 2.32. The SMILES string of the molecule is CC(C)CC(=O)c1ccccc1Cc1nc(Cl)ncc1Cl. The minimum absolute atomic E-state index is 0.136. The first kappa shape index (κ1) is 15.9. The molecule has 0 bridgehead atoms. The molecule has 0 aliphatic heterocycles. The van der Waals surface area contributed by atoms with Crippen molar-refractivity contribution in [1.82, 2.24) is 9.97 Å². The Morgan fingerprint density at radius 1 is 1.24 bits per heavy atom. The van der Waals surface area contributed by atoms with Gasteiger partial charge in [0.25, 0.3) is 0 Å². The second-order valence-electron chi connectivity index (χ2n) is 5.29. The maximum Gasteiger partial charge on any atom is 0.222 e. The summed E-state index contributed by atoms with van der Waals surface area (Å²) in [5.74, 6) is 0.458. The summed E-state index contributed by atoms with van der Waals surface area (Å²) >= 11 is 11.9. The van der Waals surface area contributed by atoms with Crippen LogP contribution in [-0.2, 0) is 6.42 Å². The van der Waals surface area contributed by atoms with Crippen LogP contribution in [0.2, 0.25) is 10.3 Å². The number of carbonyl (C=O) groups excluding carboxylic acids is 1. The monoisotopic (exact) mass is 322 g/mol. The summed E-state index contributed by atoms with van der Waals surface area (Å²) < 4.78 is 0. The molecular formula is C16H16Cl2N2O. The number of hydrogen-bond acceptors (Lipinski definition) is 3. The molecule has 2 aromatic rings. The zero-order chi connectivity index (χ0) is 15.4. The highest BCUT2D eigenvalue weighted by Crippen LogP contribution is 2.21. The number of hydrogen-bond donors (Lipinski definition) is 0. The first-order valence-corrected chi connectivity index (χ1v) is 7.51. The van der Waals surface area contributed by atoms with E-state index in [4.69, 9.17) is 23.2 Å². The second kappa shape index (κ2) is 7.01. The Hall–Kier alpha value is -1.45. The molecule has 0 radical (unpaired) electrons. The van der Waals surface area contributed by atoms with Crippen molar-refractivity contribution in [1.29, 1.82) is 0 Å². The zero-order valence-electron chi connectivity index (χ0n) is 11.9. The van der Waals surface area contributed by atoms with Crippen molar-refractivity contribution in [3.8, 4) is 0 Å². The molecule has 1 aromatic carbocycles. The molecule has 0 spiro atoms. The maximum atomic E-state index is 12.3. The van der Waals surface area contributed by atoms with Gasteiger partial charge in [0.1, 0.15) is 0 Å². The third-order valence-electron chi connectivity index (χ3n) is 3.06. The Morgan fingerprint density at radius 2 is 1.95 bits per heavy atom. The van der Waals surface area contributed by atoms with Crippen molar-refractivity contribution in [3.63, 3.8) is 0 Å². The lowest BCUT2D eigenvalue weighted by Crippen LogP contribution is -2.08. The Kier molecular flexibility index (Phi) is 5.32. The van der Waals surface area contributed by atoms with E-state index in [2.05, 4.69) is 9.97 Å². The standard InChI is InChI=1S/C16H16Cl2N2O/c1-10(2)7-15(21)12-6-4-3-5-11(12)8-14-13(17)9-19-16(18)20-14/h3-6,9-10H,7-8H2,1-2H3. The highest BCUT2D eigenvalue weighted by atomic mass is 35.5. The number of aromatic nitrogens is 2. The van der Waals surface area contributed by atoms with Crippen molar-refractivity contribution in [2.24, 2.45) is 5.92 Å². The van der Waals surface area contributed by atoms with Crippen LogP contribution in [-0.4, -0.2) is 15.8 Å². The molecule has 0 aliphatic carbocycles. The van der Waals surface area contributed by atoms with Gasteiger partial charge < -0.3 is 0 Å². The van der Waals surface area contributed by atoms with Crippen molar-refractivity contribution >= 4 is 29.0 Å². The maximum absolute atomic E-state index is 12.3. The van der Waals surface area contributed by atoms with Gasteiger partial charge in [-0.15, -0.1) is 0 Å². The Bertz CT molecular complexity index is 656. The highest BCUT2D eigenvalue weighted by Gasteiger charge is 2.14. The molecule has 0 saturated heterocycles. The number of rotatable bonds is 5. The normalized spacial score (nSPS) is 10.9. The van der Waals surface area contributed by atoms with Gasteiger partial charge in [-0.1, -0.05) is 49.7 Å². The fourth-order valence-corrected chi connectivity index (χ4v) is 2.42. The number of halogens is 2. The summed E-state index contributed by atoms with van der Waals surface area (Å²) in [5, 5.41) is 0.603. The topological polar surface area (TPSA) is 42.9 Å². The van der Waals surface area contributed by atoms with E-state index in [-0.39, 0.29) is 11.1 Å². The fourth-order valence-electron chi connectivity index (χ4n) is 2.11. The molecule has 5 heteroatoms. The largest absolute Gasteiger partial charge is 0.294 e. The van der Waals surface area contributed by atoms with Crippen molar-refractivity contribution < 1.29 is 4.79 Å². The Labute approximate surface area is 134 Å². The van der Waals surface area contributed by atoms with Gasteiger partial charge in [-0.2, -0.15) is 0 Å². The molecule has 0 saturated carbocycles. The van der Waals surface area contributed by atoms with E-state index in [1.807, 2.05) is 38.1 Å². The summed E-state index contributed by atoms with van der Waals surface area (Å²) in [7, 11) is 0. The molecule has 0 atom stereocenters. The number of benzene rings is 1. The zero-order valence-corrected chi connectivity index (χ0v) is 13.4. The van der Waals surface area contributed by atoms with Gasteiger partial charge in [-0.05, 0) is 23.1 Å². The molecule has 3 nitrogen and oxygen atoms in total. The second-order valence-corrected chi connectivity index (χ2v) is 6.03. The number of carbonyl (C=O) groups is 1. The van der Waals surface area contributed by atoms with E-state index in [0.29, 0.717) is 29.5 Å². The number of Topliss-reactive ketones (excluding diaryl/α,β-unsaturated/α-hetero) is 1. The third kappa shape index (κ3) is 4.26. The van der Waals surface area contributed by atoms with Crippen LogP contribution in [0.3, 0.4) is 0 Å². The molecule has 0 unspecified atom stereocenters. The minimum Gasteiger partial charge on any atom is -0.294 e. The van der Waals surface area contributed by atoms with Crippen LogP contribution in [0, 0.1) is 5.92 Å². The van der Waals surface area contributed by atoms with Gasteiger partial charge in [0.05, 0.1) is 16.9 Å². The first-order chi connectivity index (χ1) is 9.97. The smallest absolute Gasteiger partial charge is 0.222 e. The summed E-state index contributed by atoms with van der Waals surface area (Å²) in [6.45, 7) is 4.06. The van der Waals surface area contributed by atoms with Crippen LogP contribution in [0.1, 0.15) is 41.9 Å². The molecule has 0 fully saturated rings. The Morgan fingerprint density at radius 3 is 2.67 bits per heavy atom. The van der Waals surface area contributed by atoms with E-state index in [1.54, 1.807) is 0 Å². The molecule has 110 valence electrons. The van der Waals surface area contributed by atoms with Gasteiger partial charge in [0.15, 0.2) is 5.78 Å². The van der Waals surface area contributed by atoms with Crippen molar-refractivity contribution in [2.45, 2.75) is 26.7 Å². The molecular weight excluding hydrogens is 307 g/mol. The lowest BCUT2D eigenvalue weighted by Gasteiger charge is -2.10. The van der Waals surface area contributed by atoms with Crippen LogP contribution in [0.25, 0.3) is 0 Å². The van der Waals surface area contributed by atoms with Gasteiger partial charge in [-0.3, -0.25) is 4.79 Å². The van der Waals surface area contributed by atoms with Crippen LogP contribution in [0.4, 0.5) is 0 Å². The molecule has 1 aromatic heterocycles. The average molecular weight is 323 g/mol. The van der Waals surface area contributed by atoms with Gasteiger partial charge in [0, 0.05) is 18.4 Å². The predicted octanol–water partition coefficient (Wildman–Crippen LogP) is 4.60. The predicted molar refractivity (Wildman–Crippen MR) is 85.1 cm³/mol. The summed E-state index contributed by atoms with van der Waals surface area (Å²) in [4.78, 5) is 20.3. The molecule has 1 heterocycles. The summed E-state index contributed by atoms with van der Waals surface area (Å²) in [6, 6.07) is 7.53. The van der Waals surface area contributed by atoms with Crippen LogP contribution in [0.5, 0.6) is 0 Å². The van der Waals surface area contributed by atoms with Crippen LogP contribution < -0.4 is 0 Å². The van der Waals surface area contributed by atoms with E-state index >= 15 is 0 Å². The number of nitrogens with zero attached hydrogens (tertiary/aromatic N) is 2. The quantitative estimate of drug-likeness (QED) is 0.596. The number of ketones is 1. The first-order valence-electron chi connectivity index (χ1n) is 6.75. The van der Waals surface area contributed by atoms with Gasteiger partial charge >= 0.3 is 0 Å². The summed E-state index contributed by atoms with van der Waals surface area (Å²) in [5.41, 5.74) is 2.25. The van der Waals surface area contributed by atoms with Gasteiger partial charge in [0.2, 0.25) is 5.28 Å². The highest BCUT2D eigenvalue weighted by molar-refractivity contribution is 6.32. The molecule has 21 heavy (non-hydrogen) atoms. The fraction of sp³-hybridized carbons (Fsp3) is 0.312. The average Bonchev–Trinajstić information content (AvgIpc) is 2.42. The van der Waals surface area contributed by atoms with Crippen LogP contribution >= 0.6 is 23.2 Å². The van der Waals surface area contributed by atoms with E-state index < -0.39 is 0 Å². The third-order valence-corrected chi connectivity index (χ3v) is 3.55. The molecule has 0 amide bonds. The minimum atomic E-state index is 0.136. The van der Waals surface area contributed by atoms with Crippen molar-refractivity contribution in [2.75, 3.05) is 0 Å².